The van der Waals surface area contributed by atoms with E-state index in [0.29, 0.717) is 35.3 Å². The Labute approximate surface area is 399 Å². The third-order valence-corrected chi connectivity index (χ3v) is 23.4. The highest BCUT2D eigenvalue weighted by atomic mass is 28.4. The summed E-state index contributed by atoms with van der Waals surface area (Å²) >= 11 is 0. The van der Waals surface area contributed by atoms with Crippen molar-refractivity contribution in [2.75, 3.05) is 18.5 Å². The molecule has 1 fully saturated rings. The Morgan fingerprint density at radius 2 is 1.47 bits per heavy atom. The van der Waals surface area contributed by atoms with Crippen molar-refractivity contribution < 1.29 is 46.9 Å². The van der Waals surface area contributed by atoms with Crippen molar-refractivity contribution in [1.82, 2.24) is 19.5 Å². The molecular formula is C51H65N5O10Si2. The third-order valence-electron chi connectivity index (χ3n) is 14.4. The van der Waals surface area contributed by atoms with E-state index in [0.717, 1.165) is 32.3 Å². The van der Waals surface area contributed by atoms with Gasteiger partial charge in [0.25, 0.3) is 0 Å². The zero-order valence-corrected chi connectivity index (χ0v) is 43.5. The molecule has 1 N–H and O–H groups in total. The van der Waals surface area contributed by atoms with Crippen molar-refractivity contribution in [1.29, 1.82) is 0 Å². The smallest absolute Gasteiger partial charge is 0.303 e. The average Bonchev–Trinajstić information content (AvgIpc) is 3.85. The number of esters is 3. The van der Waals surface area contributed by atoms with Gasteiger partial charge >= 0.3 is 17.9 Å². The van der Waals surface area contributed by atoms with E-state index in [2.05, 4.69) is 97.8 Å². The molecule has 362 valence electrons. The van der Waals surface area contributed by atoms with Crippen LogP contribution in [0.15, 0.2) is 67.5 Å². The van der Waals surface area contributed by atoms with Gasteiger partial charge in [-0.3, -0.25) is 19.0 Å². The van der Waals surface area contributed by atoms with E-state index in [4.69, 9.17) is 47.5 Å². The molecule has 0 amide bonds. The van der Waals surface area contributed by atoms with Gasteiger partial charge in [0.2, 0.25) is 11.8 Å². The Hall–Kier alpha value is -5.47. The summed E-state index contributed by atoms with van der Waals surface area (Å²) in [6.45, 7) is 30.5. The van der Waals surface area contributed by atoms with Crippen LogP contribution in [0.4, 0.5) is 5.95 Å². The fourth-order valence-electron chi connectivity index (χ4n) is 9.00. The molecule has 17 heteroatoms. The molecule has 0 spiro atoms. The first-order valence-electron chi connectivity index (χ1n) is 23.3. The molecule has 3 heterocycles. The highest BCUT2D eigenvalue weighted by Crippen LogP contribution is 2.50. The Morgan fingerprint density at radius 3 is 2.10 bits per heavy atom. The molecule has 2 aliphatic rings. The highest BCUT2D eigenvalue weighted by Gasteiger charge is 2.51. The van der Waals surface area contributed by atoms with E-state index in [-0.39, 0.29) is 40.7 Å². The number of aromatic nitrogens is 4. The van der Waals surface area contributed by atoms with Gasteiger partial charge in [0.1, 0.15) is 18.9 Å². The van der Waals surface area contributed by atoms with Crippen molar-refractivity contribution in [3.8, 4) is 5.88 Å². The molecule has 0 bridgehead atoms. The van der Waals surface area contributed by atoms with Crippen LogP contribution < -0.4 is 10.1 Å². The van der Waals surface area contributed by atoms with E-state index >= 15 is 0 Å². The molecule has 68 heavy (non-hydrogen) atoms. The summed E-state index contributed by atoms with van der Waals surface area (Å²) in [7, 11) is -4.44. The van der Waals surface area contributed by atoms with Crippen LogP contribution in [-0.4, -0.2) is 91.7 Å². The summed E-state index contributed by atoms with van der Waals surface area (Å²) in [4.78, 5) is 53.8. The maximum atomic E-state index is 13.2. The number of carbonyl (C=O) groups is 3. The quantitative estimate of drug-likeness (QED) is 0.0359. The second-order valence-corrected chi connectivity index (χ2v) is 30.7. The first-order chi connectivity index (χ1) is 31.9. The van der Waals surface area contributed by atoms with Crippen LogP contribution in [0.1, 0.15) is 98.2 Å². The van der Waals surface area contributed by atoms with Crippen LogP contribution in [0.3, 0.4) is 0 Å². The zero-order valence-electron chi connectivity index (χ0n) is 41.5. The lowest BCUT2D eigenvalue weighted by Gasteiger charge is -2.43. The van der Waals surface area contributed by atoms with Crippen molar-refractivity contribution in [3.63, 3.8) is 0 Å². The summed E-state index contributed by atoms with van der Waals surface area (Å²) in [5.74, 6) is -1.65. The molecule has 1 aliphatic heterocycles. The van der Waals surface area contributed by atoms with Crippen LogP contribution in [-0.2, 0) is 42.2 Å². The Bertz CT molecular complexity index is 2890. The van der Waals surface area contributed by atoms with Crippen LogP contribution in [0.2, 0.25) is 36.3 Å². The summed E-state index contributed by atoms with van der Waals surface area (Å²) in [6.07, 6.45) is -1.09. The summed E-state index contributed by atoms with van der Waals surface area (Å²) in [5.41, 5.74) is 2.01. The average molecular weight is 964 g/mol. The molecule has 1 saturated heterocycles. The van der Waals surface area contributed by atoms with Gasteiger partial charge in [-0.1, -0.05) is 96.7 Å². The van der Waals surface area contributed by atoms with E-state index in [1.54, 1.807) is 12.4 Å². The zero-order chi connectivity index (χ0) is 49.2. The number of fused-ring (bicyclic) bond motifs is 3. The van der Waals surface area contributed by atoms with Gasteiger partial charge in [-0.25, -0.2) is 4.98 Å². The number of ether oxygens (including phenoxy) is 5. The summed E-state index contributed by atoms with van der Waals surface area (Å²) < 4.78 is 47.1. The molecule has 8 rings (SSSR count). The molecular weight excluding hydrogens is 899 g/mol. The Balaban J connectivity index is 1.29. The van der Waals surface area contributed by atoms with Gasteiger partial charge in [-0.05, 0) is 80.2 Å². The lowest BCUT2D eigenvalue weighted by molar-refractivity contribution is -0.187. The number of benzene rings is 4. The SMILES string of the molecule is C=CCOc1nc(N[C@H]2c3c(cc4ccc5cccc6ccc3c4c56)[C@H](OC(C)=O)[C@@H](OC(C)=O)[C@H]2OC(C)=O)nc2c1ncn2[C@H]1C[C@H](O[Si](C)(C)C(C)(C)C)[C@@H](CO[Si](C)(C)C(C)(C)C)O1. The van der Waals surface area contributed by atoms with Crippen LogP contribution in [0, 0.1) is 0 Å². The Morgan fingerprint density at radius 1 is 0.838 bits per heavy atom. The minimum Gasteiger partial charge on any atom is -0.472 e. The van der Waals surface area contributed by atoms with Gasteiger partial charge in [0.05, 0.1) is 25.1 Å². The van der Waals surface area contributed by atoms with Gasteiger partial charge in [-0.15, -0.1) is 0 Å². The first-order valence-corrected chi connectivity index (χ1v) is 29.1. The van der Waals surface area contributed by atoms with Crippen LogP contribution in [0.5, 0.6) is 5.88 Å². The number of hydrogen-bond acceptors (Lipinski definition) is 14. The number of carbonyl (C=O) groups excluding carboxylic acids is 3. The normalized spacial score (nSPS) is 22.4. The number of nitrogens with one attached hydrogen (secondary N) is 1. The number of rotatable bonds is 14. The summed E-state index contributed by atoms with van der Waals surface area (Å²) in [5, 5.41) is 9.24. The topological polar surface area (TPSA) is 171 Å². The molecule has 6 aromatic rings. The molecule has 1 aliphatic carbocycles. The molecule has 15 nitrogen and oxygen atoms in total. The van der Waals surface area contributed by atoms with Crippen molar-refractivity contribution in [3.05, 3.63) is 78.6 Å². The Kier molecular flexibility index (Phi) is 13.1. The standard InChI is InChI=1S/C51H65N5O10Si2/c1-15-23-60-48-43-47(56(27-52-43)38-25-36(66-68(13,14)51(8,9)10)37(65-38)26-61-67(11,12)50(5,6)7)54-49(55-48)53-42-41-34-22-21-32-18-16-17-31-19-20-33(40(34)39(31)32)24-35(41)44(62-28(2)57)46(64-30(4)59)45(42)63-29(3)58/h15-22,24,27,36-38,42,44-46H,1,23,25-26H2,2-14H3,(H,53,54,55)/t36-,37+,38+,42-,44-,45-,46+/m0/s1. The third kappa shape index (κ3) is 9.22. The van der Waals surface area contributed by atoms with Crippen LogP contribution in [0.25, 0.3) is 43.5 Å². The molecule has 7 atom stereocenters. The minimum absolute atomic E-state index is 0.00572. The predicted octanol–water partition coefficient (Wildman–Crippen LogP) is 10.6. The molecule has 0 saturated carbocycles. The van der Waals surface area contributed by atoms with Crippen molar-refractivity contribution in [2.24, 2.45) is 0 Å². The number of imidazole rings is 1. The maximum absolute atomic E-state index is 13.2. The largest absolute Gasteiger partial charge is 0.472 e. The molecule has 0 unspecified atom stereocenters. The van der Waals surface area contributed by atoms with E-state index in [9.17, 15) is 14.4 Å². The van der Waals surface area contributed by atoms with E-state index in [1.165, 1.54) is 20.8 Å². The second-order valence-electron chi connectivity index (χ2n) is 21.2. The van der Waals surface area contributed by atoms with Crippen molar-refractivity contribution >= 4 is 84.0 Å². The van der Waals surface area contributed by atoms with E-state index in [1.807, 2.05) is 34.9 Å². The maximum Gasteiger partial charge on any atom is 0.303 e. The summed E-state index contributed by atoms with van der Waals surface area (Å²) in [6, 6.07) is 15.3. The van der Waals surface area contributed by atoms with Crippen molar-refractivity contribution in [2.45, 2.75) is 148 Å². The molecule has 4 aromatic carbocycles. The lowest BCUT2D eigenvalue weighted by atomic mass is 9.77. The minimum atomic E-state index is -2.28. The molecule has 2 aromatic heterocycles. The number of anilines is 1. The van der Waals surface area contributed by atoms with Crippen LogP contribution >= 0.6 is 0 Å². The molecule has 0 radical (unpaired) electrons. The first kappa shape index (κ1) is 49.0. The van der Waals surface area contributed by atoms with Gasteiger partial charge in [0.15, 0.2) is 46.1 Å². The van der Waals surface area contributed by atoms with E-state index < -0.39 is 65.1 Å². The fraction of sp³-hybridized carbons (Fsp3) is 0.490. The number of hydrogen-bond donors (Lipinski definition) is 1. The monoisotopic (exact) mass is 963 g/mol. The van der Waals surface area contributed by atoms with Gasteiger partial charge < -0.3 is 37.9 Å². The fourth-order valence-corrected chi connectivity index (χ4v) is 11.4. The number of nitrogens with zero attached hydrogens (tertiary/aromatic N) is 4. The highest BCUT2D eigenvalue weighted by molar-refractivity contribution is 6.74. The lowest BCUT2D eigenvalue weighted by Crippen LogP contribution is -2.50. The van der Waals surface area contributed by atoms with Gasteiger partial charge in [-0.2, -0.15) is 9.97 Å². The second kappa shape index (κ2) is 18.1. The predicted molar refractivity (Wildman–Crippen MR) is 267 cm³/mol. The van der Waals surface area contributed by atoms with Gasteiger partial charge in [0, 0.05) is 32.8 Å².